The summed E-state index contributed by atoms with van der Waals surface area (Å²) in [6.45, 7) is 2.02. The van der Waals surface area contributed by atoms with Gasteiger partial charge in [-0.2, -0.15) is 0 Å². The third-order valence-electron chi connectivity index (χ3n) is 3.90. The highest BCUT2D eigenvalue weighted by atomic mass is 35.5. The van der Waals surface area contributed by atoms with E-state index in [1.165, 1.54) is 0 Å². The average molecular weight is 407 g/mol. The molecule has 2 N–H and O–H groups in total. The van der Waals surface area contributed by atoms with Gasteiger partial charge in [-0.05, 0) is 42.4 Å². The van der Waals surface area contributed by atoms with E-state index in [0.29, 0.717) is 32.0 Å². The standard InChI is InChI=1S/C19H16Cl2N2O2S/c1-2-25-18(24)15-16(11-6-4-3-5-7-11)22-19(26)23-17(15)13-9-8-12(20)10-14(13)21/h3-10,17H,2H2,1H3,(H2,22,23,26). The quantitative estimate of drug-likeness (QED) is 0.578. The summed E-state index contributed by atoms with van der Waals surface area (Å²) < 4.78 is 5.29. The molecule has 134 valence electrons. The monoisotopic (exact) mass is 406 g/mol. The number of nitrogens with one attached hydrogen (secondary N) is 2. The lowest BCUT2D eigenvalue weighted by Crippen LogP contribution is -2.45. The van der Waals surface area contributed by atoms with Gasteiger partial charge in [0.25, 0.3) is 0 Å². The molecule has 1 atom stereocenters. The van der Waals surface area contributed by atoms with Crippen LogP contribution in [0.15, 0.2) is 54.1 Å². The van der Waals surface area contributed by atoms with Crippen molar-refractivity contribution in [2.45, 2.75) is 13.0 Å². The summed E-state index contributed by atoms with van der Waals surface area (Å²) in [7, 11) is 0. The number of hydrogen-bond acceptors (Lipinski definition) is 3. The topological polar surface area (TPSA) is 50.4 Å². The minimum Gasteiger partial charge on any atom is -0.463 e. The normalized spacial score (nSPS) is 16.7. The van der Waals surface area contributed by atoms with Gasteiger partial charge >= 0.3 is 5.97 Å². The van der Waals surface area contributed by atoms with Gasteiger partial charge in [0.2, 0.25) is 0 Å². The third kappa shape index (κ3) is 3.85. The predicted octanol–water partition coefficient (Wildman–Crippen LogP) is 4.49. The van der Waals surface area contributed by atoms with Crippen LogP contribution in [0, 0.1) is 0 Å². The molecule has 4 nitrogen and oxygen atoms in total. The Kier molecular flexibility index (Phi) is 5.81. The smallest absolute Gasteiger partial charge is 0.338 e. The maximum Gasteiger partial charge on any atom is 0.338 e. The van der Waals surface area contributed by atoms with Gasteiger partial charge in [0, 0.05) is 10.0 Å². The fourth-order valence-corrected chi connectivity index (χ4v) is 3.53. The van der Waals surface area contributed by atoms with E-state index in [-0.39, 0.29) is 6.61 Å². The number of halogens is 2. The molecule has 3 rings (SSSR count). The van der Waals surface area contributed by atoms with Crippen molar-refractivity contribution in [1.82, 2.24) is 10.6 Å². The largest absolute Gasteiger partial charge is 0.463 e. The molecule has 0 amide bonds. The Labute approximate surface area is 167 Å². The predicted molar refractivity (Wildman–Crippen MR) is 108 cm³/mol. The van der Waals surface area contributed by atoms with E-state index < -0.39 is 12.0 Å². The molecule has 0 aromatic heterocycles. The van der Waals surface area contributed by atoms with E-state index in [4.69, 9.17) is 40.2 Å². The molecule has 1 aliphatic heterocycles. The zero-order chi connectivity index (χ0) is 18.7. The van der Waals surface area contributed by atoms with Crippen molar-refractivity contribution in [3.8, 4) is 0 Å². The van der Waals surface area contributed by atoms with Crippen LogP contribution in [0.4, 0.5) is 0 Å². The van der Waals surface area contributed by atoms with Gasteiger partial charge in [-0.3, -0.25) is 0 Å². The van der Waals surface area contributed by atoms with Crippen molar-refractivity contribution in [2.24, 2.45) is 0 Å². The molecular weight excluding hydrogens is 391 g/mol. The zero-order valence-corrected chi connectivity index (χ0v) is 16.2. The molecule has 1 unspecified atom stereocenters. The summed E-state index contributed by atoms with van der Waals surface area (Å²) in [5, 5.41) is 7.55. The molecule has 0 saturated carbocycles. The highest BCUT2D eigenvalue weighted by Gasteiger charge is 2.34. The highest BCUT2D eigenvalue weighted by molar-refractivity contribution is 7.80. The molecule has 1 aliphatic rings. The fraction of sp³-hybridized carbons (Fsp3) is 0.158. The van der Waals surface area contributed by atoms with Crippen LogP contribution in [0.3, 0.4) is 0 Å². The second-order valence-electron chi connectivity index (χ2n) is 5.57. The molecule has 0 aliphatic carbocycles. The van der Waals surface area contributed by atoms with Crippen LogP contribution in [-0.2, 0) is 9.53 Å². The number of carbonyl (C=O) groups excluding carboxylic acids is 1. The van der Waals surface area contributed by atoms with E-state index in [2.05, 4.69) is 10.6 Å². The number of hydrogen-bond donors (Lipinski definition) is 2. The fourth-order valence-electron chi connectivity index (χ4n) is 2.79. The summed E-state index contributed by atoms with van der Waals surface area (Å²) in [4.78, 5) is 12.8. The van der Waals surface area contributed by atoms with Crippen molar-refractivity contribution in [3.05, 3.63) is 75.3 Å². The molecule has 0 fully saturated rings. The summed E-state index contributed by atoms with van der Waals surface area (Å²) >= 11 is 17.8. The molecule has 2 aromatic carbocycles. The lowest BCUT2D eigenvalue weighted by molar-refractivity contribution is -0.138. The van der Waals surface area contributed by atoms with E-state index in [9.17, 15) is 4.79 Å². The van der Waals surface area contributed by atoms with E-state index >= 15 is 0 Å². The first-order valence-corrected chi connectivity index (χ1v) is 9.17. The van der Waals surface area contributed by atoms with Crippen LogP contribution < -0.4 is 10.6 Å². The lowest BCUT2D eigenvalue weighted by Gasteiger charge is -2.31. The molecule has 0 saturated heterocycles. The van der Waals surface area contributed by atoms with E-state index in [1.807, 2.05) is 30.3 Å². The molecule has 2 aromatic rings. The number of benzene rings is 2. The number of carbonyl (C=O) groups is 1. The summed E-state index contributed by atoms with van der Waals surface area (Å²) in [6.07, 6.45) is 0. The Morgan fingerprint density at radius 1 is 1.19 bits per heavy atom. The molecule has 26 heavy (non-hydrogen) atoms. The maximum absolute atomic E-state index is 12.8. The molecule has 0 radical (unpaired) electrons. The number of esters is 1. The van der Waals surface area contributed by atoms with Crippen molar-refractivity contribution in [3.63, 3.8) is 0 Å². The molecule has 0 spiro atoms. The van der Waals surface area contributed by atoms with Crippen LogP contribution >= 0.6 is 35.4 Å². The Bertz CT molecular complexity index is 884. The van der Waals surface area contributed by atoms with Gasteiger partial charge < -0.3 is 15.4 Å². The summed E-state index contributed by atoms with van der Waals surface area (Å²) in [5.41, 5.74) is 2.53. The minimum atomic E-state index is -0.553. The van der Waals surface area contributed by atoms with Gasteiger partial charge in [0.1, 0.15) is 0 Å². The van der Waals surface area contributed by atoms with Crippen LogP contribution in [-0.4, -0.2) is 17.7 Å². The summed E-state index contributed by atoms with van der Waals surface area (Å²) in [5.74, 6) is -0.440. The van der Waals surface area contributed by atoms with E-state index in [1.54, 1.807) is 25.1 Å². The van der Waals surface area contributed by atoms with Gasteiger partial charge in [0.05, 0.1) is 23.9 Å². The van der Waals surface area contributed by atoms with E-state index in [0.717, 1.165) is 5.56 Å². The Morgan fingerprint density at radius 2 is 1.92 bits per heavy atom. The second-order valence-corrected chi connectivity index (χ2v) is 6.82. The molecule has 0 bridgehead atoms. The Morgan fingerprint density at radius 3 is 2.58 bits per heavy atom. The maximum atomic E-state index is 12.8. The second kappa shape index (κ2) is 8.08. The van der Waals surface area contributed by atoms with Gasteiger partial charge in [-0.25, -0.2) is 4.79 Å². The van der Waals surface area contributed by atoms with Crippen LogP contribution in [0.25, 0.3) is 5.70 Å². The molecule has 1 heterocycles. The van der Waals surface area contributed by atoms with Crippen molar-refractivity contribution in [1.29, 1.82) is 0 Å². The van der Waals surface area contributed by atoms with Crippen LogP contribution in [0.1, 0.15) is 24.1 Å². The van der Waals surface area contributed by atoms with Crippen molar-refractivity contribution < 1.29 is 9.53 Å². The summed E-state index contributed by atoms with van der Waals surface area (Å²) in [6, 6.07) is 14.1. The SMILES string of the molecule is CCOC(=O)C1=C(c2ccccc2)NC(=S)NC1c1ccc(Cl)cc1Cl. The van der Waals surface area contributed by atoms with Gasteiger partial charge in [0.15, 0.2) is 5.11 Å². The van der Waals surface area contributed by atoms with Gasteiger partial charge in [-0.1, -0.05) is 59.6 Å². The van der Waals surface area contributed by atoms with Crippen LogP contribution in [0.5, 0.6) is 0 Å². The molecular formula is C19H16Cl2N2O2S. The number of ether oxygens (including phenoxy) is 1. The number of rotatable bonds is 4. The first-order chi connectivity index (χ1) is 12.5. The third-order valence-corrected chi connectivity index (χ3v) is 4.69. The number of thiocarbonyl (C=S) groups is 1. The van der Waals surface area contributed by atoms with Gasteiger partial charge in [-0.15, -0.1) is 0 Å². The first-order valence-electron chi connectivity index (χ1n) is 8.00. The molecule has 7 heteroatoms. The minimum absolute atomic E-state index is 0.260. The first kappa shape index (κ1) is 18.7. The highest BCUT2D eigenvalue weighted by Crippen LogP contribution is 2.36. The Balaban J connectivity index is 2.20. The van der Waals surface area contributed by atoms with Crippen molar-refractivity contribution >= 4 is 52.2 Å². The average Bonchev–Trinajstić information content (AvgIpc) is 2.62. The zero-order valence-electron chi connectivity index (χ0n) is 13.9. The van der Waals surface area contributed by atoms with Crippen LogP contribution in [0.2, 0.25) is 10.0 Å². The lowest BCUT2D eigenvalue weighted by atomic mass is 9.92. The Hall–Kier alpha value is -2.08. The van der Waals surface area contributed by atoms with Crippen molar-refractivity contribution in [2.75, 3.05) is 6.61 Å².